The van der Waals surface area contributed by atoms with Gasteiger partial charge in [0.1, 0.15) is 5.40 Å². The number of nitriles is 1. The largest absolute Gasteiger partial charge is 0.185 e. The van der Waals surface area contributed by atoms with E-state index in [4.69, 9.17) is 5.26 Å². The molecule has 1 nitrogen and oxygen atoms in total. The number of hydrogen-bond acceptors (Lipinski definition) is 2. The number of hydrogen-bond donors (Lipinski definition) is 1. The van der Waals surface area contributed by atoms with E-state index in [1.54, 1.807) is 0 Å². The molecule has 0 rings (SSSR count). The summed E-state index contributed by atoms with van der Waals surface area (Å²) < 4.78 is 0. The summed E-state index contributed by atoms with van der Waals surface area (Å²) in [5.74, 6) is 0. The Morgan fingerprint density at radius 2 is 0.759 bits per heavy atom. The van der Waals surface area contributed by atoms with E-state index < -0.39 is 0 Å². The van der Waals surface area contributed by atoms with Crippen molar-refractivity contribution in [2.75, 3.05) is 0 Å². The molecule has 0 saturated carbocycles. The Morgan fingerprint density at radius 1 is 0.552 bits per heavy atom. The van der Waals surface area contributed by atoms with E-state index in [1.807, 2.05) is 0 Å². The highest BCUT2D eigenvalue weighted by Gasteiger charge is 2.23. The van der Waals surface area contributed by atoms with Crippen LogP contribution in [0.3, 0.4) is 0 Å². The molecule has 0 aliphatic heterocycles. The van der Waals surface area contributed by atoms with Gasteiger partial charge < -0.3 is 0 Å². The maximum absolute atomic E-state index is 7.18. The molecule has 174 valence electrons. The SMILES string of the molecule is CCCCCCCCC(P)(CCCCCCCC)CCCCCCCC.N#CS. The smallest absolute Gasteiger partial charge is 0.130 e. The van der Waals surface area contributed by atoms with Gasteiger partial charge in [-0.25, -0.2) is 0 Å². The van der Waals surface area contributed by atoms with Gasteiger partial charge in [-0.05, 0) is 24.4 Å². The molecule has 0 amide bonds. The summed E-state index contributed by atoms with van der Waals surface area (Å²) in [4.78, 5) is 0. The second kappa shape index (κ2) is 26.3. The van der Waals surface area contributed by atoms with E-state index in [1.165, 1.54) is 140 Å². The van der Waals surface area contributed by atoms with Crippen LogP contribution in [-0.4, -0.2) is 5.16 Å². The Hall–Kier alpha value is 0.270. The minimum absolute atomic E-state index is 0.556. The minimum Gasteiger partial charge on any atom is -0.185 e. The first-order chi connectivity index (χ1) is 14.1. The van der Waals surface area contributed by atoms with Crippen LogP contribution in [-0.2, 0) is 0 Å². The van der Waals surface area contributed by atoms with Crippen molar-refractivity contribution in [2.45, 2.75) is 161 Å². The van der Waals surface area contributed by atoms with Crippen LogP contribution in [0.4, 0.5) is 0 Å². The van der Waals surface area contributed by atoms with Gasteiger partial charge >= 0.3 is 0 Å². The average molecular weight is 444 g/mol. The molecule has 0 aromatic rings. The summed E-state index contributed by atoms with van der Waals surface area (Å²) in [6.45, 7) is 6.94. The fourth-order valence-corrected chi connectivity index (χ4v) is 4.76. The third-order valence-corrected chi connectivity index (χ3v) is 6.95. The normalized spacial score (nSPS) is 11.0. The van der Waals surface area contributed by atoms with Gasteiger partial charge in [0, 0.05) is 0 Å². The molecule has 0 bridgehead atoms. The molecule has 0 fully saturated rings. The molecular weight excluding hydrogens is 389 g/mol. The van der Waals surface area contributed by atoms with Crippen molar-refractivity contribution in [1.82, 2.24) is 0 Å². The summed E-state index contributed by atoms with van der Waals surface area (Å²) in [5, 5.41) is 9.18. The molecule has 0 spiro atoms. The molecule has 1 unspecified atom stereocenters. The first kappa shape index (κ1) is 31.5. The van der Waals surface area contributed by atoms with Gasteiger partial charge in [0.05, 0.1) is 0 Å². The summed E-state index contributed by atoms with van der Waals surface area (Å²) in [7, 11) is 3.34. The van der Waals surface area contributed by atoms with Crippen LogP contribution in [0.2, 0.25) is 0 Å². The summed E-state index contributed by atoms with van der Waals surface area (Å²) in [6, 6.07) is 0. The van der Waals surface area contributed by atoms with Crippen LogP contribution in [0.15, 0.2) is 0 Å². The first-order valence-corrected chi connectivity index (χ1v) is 13.9. The van der Waals surface area contributed by atoms with Gasteiger partial charge in [0.25, 0.3) is 0 Å². The van der Waals surface area contributed by atoms with E-state index in [0.29, 0.717) is 5.16 Å². The summed E-state index contributed by atoms with van der Waals surface area (Å²) in [5.41, 5.74) is 0. The minimum atomic E-state index is 0.556. The quantitative estimate of drug-likeness (QED) is 0.0810. The molecule has 0 aliphatic rings. The lowest BCUT2D eigenvalue weighted by atomic mass is 9.88. The number of rotatable bonds is 21. The summed E-state index contributed by atoms with van der Waals surface area (Å²) in [6.07, 6.45) is 30.2. The van der Waals surface area contributed by atoms with Crippen molar-refractivity contribution in [3.8, 4) is 5.40 Å². The van der Waals surface area contributed by atoms with Crippen molar-refractivity contribution in [2.24, 2.45) is 0 Å². The van der Waals surface area contributed by atoms with Gasteiger partial charge in [-0.3, -0.25) is 0 Å². The van der Waals surface area contributed by atoms with Crippen LogP contribution in [0, 0.1) is 10.7 Å². The molecule has 0 aliphatic carbocycles. The second-order valence-corrected chi connectivity index (χ2v) is 10.4. The second-order valence-electron chi connectivity index (χ2n) is 9.02. The summed E-state index contributed by atoms with van der Waals surface area (Å²) >= 11 is 3.09. The molecule has 0 N–H and O–H groups in total. The lowest BCUT2D eigenvalue weighted by Crippen LogP contribution is -2.20. The van der Waals surface area contributed by atoms with Gasteiger partial charge in [-0.1, -0.05) is 149 Å². The Labute approximate surface area is 193 Å². The Bertz CT molecular complexity index is 299. The number of thiol groups is 1. The molecule has 0 aromatic heterocycles. The molecule has 0 saturated heterocycles. The zero-order valence-electron chi connectivity index (χ0n) is 20.3. The fourth-order valence-electron chi connectivity index (χ4n) is 4.15. The number of thiocyanates is 1. The zero-order chi connectivity index (χ0) is 22.1. The predicted octanol–water partition coefficient (Wildman–Crippen LogP) is 10.2. The number of unbranched alkanes of at least 4 members (excludes halogenated alkanes) is 15. The van der Waals surface area contributed by atoms with Crippen molar-refractivity contribution < 1.29 is 0 Å². The fraction of sp³-hybridized carbons (Fsp3) is 0.962. The molecular formula is C26H54NPS. The Kier molecular flexibility index (Phi) is 28.5. The third kappa shape index (κ3) is 26.2. The maximum Gasteiger partial charge on any atom is 0.130 e. The molecule has 0 heterocycles. The van der Waals surface area contributed by atoms with Gasteiger partial charge in [-0.15, -0.1) is 9.24 Å². The highest BCUT2D eigenvalue weighted by molar-refractivity contribution is 7.85. The van der Waals surface area contributed by atoms with Crippen LogP contribution in [0.25, 0.3) is 0 Å². The lowest BCUT2D eigenvalue weighted by molar-refractivity contribution is 0.402. The average Bonchev–Trinajstić information content (AvgIpc) is 2.71. The van der Waals surface area contributed by atoms with E-state index in [9.17, 15) is 0 Å². The monoisotopic (exact) mass is 443 g/mol. The topological polar surface area (TPSA) is 23.8 Å². The van der Waals surface area contributed by atoms with Crippen LogP contribution in [0.5, 0.6) is 0 Å². The van der Waals surface area contributed by atoms with E-state index in [0.717, 1.165) is 0 Å². The van der Waals surface area contributed by atoms with Crippen LogP contribution >= 0.6 is 21.9 Å². The zero-order valence-corrected chi connectivity index (χ0v) is 22.4. The molecule has 0 aromatic carbocycles. The lowest BCUT2D eigenvalue weighted by Gasteiger charge is -2.30. The van der Waals surface area contributed by atoms with Crippen LogP contribution < -0.4 is 0 Å². The van der Waals surface area contributed by atoms with E-state index >= 15 is 0 Å². The van der Waals surface area contributed by atoms with E-state index in [-0.39, 0.29) is 0 Å². The first-order valence-electron chi connectivity index (χ1n) is 12.9. The standard InChI is InChI=1S/C25H53P.CHNS/c1-4-7-10-13-16-19-22-25(26,23-20-17-14-11-8-5-2)24-21-18-15-12-9-6-3;2-1-3/h4-24,26H2,1-3H3;3H. The van der Waals surface area contributed by atoms with Crippen LogP contribution in [0.1, 0.15) is 156 Å². The Morgan fingerprint density at radius 3 is 1.00 bits per heavy atom. The Balaban J connectivity index is 0. The molecule has 1 atom stereocenters. The van der Waals surface area contributed by atoms with Gasteiger partial charge in [0.2, 0.25) is 0 Å². The highest BCUT2D eigenvalue weighted by atomic mass is 32.1. The van der Waals surface area contributed by atoms with Gasteiger partial charge in [0.15, 0.2) is 0 Å². The van der Waals surface area contributed by atoms with E-state index in [2.05, 4.69) is 42.6 Å². The molecule has 3 heteroatoms. The van der Waals surface area contributed by atoms with Gasteiger partial charge in [-0.2, -0.15) is 5.26 Å². The third-order valence-electron chi connectivity index (χ3n) is 6.08. The van der Waals surface area contributed by atoms with Crippen molar-refractivity contribution in [3.63, 3.8) is 0 Å². The predicted molar refractivity (Wildman–Crippen MR) is 141 cm³/mol. The van der Waals surface area contributed by atoms with Crippen molar-refractivity contribution in [1.29, 1.82) is 5.26 Å². The maximum atomic E-state index is 7.18. The molecule has 29 heavy (non-hydrogen) atoms. The van der Waals surface area contributed by atoms with Crippen molar-refractivity contribution in [3.05, 3.63) is 0 Å². The highest BCUT2D eigenvalue weighted by Crippen LogP contribution is 2.37. The molecule has 0 radical (unpaired) electrons. The number of nitrogens with zero attached hydrogens (tertiary/aromatic N) is 1. The van der Waals surface area contributed by atoms with Crippen molar-refractivity contribution >= 4 is 21.9 Å².